The van der Waals surface area contributed by atoms with Gasteiger partial charge in [0.25, 0.3) is 5.69 Å². The maximum absolute atomic E-state index is 13.6. The SMILES string of the molecule is O=[N+]([O-])c1cccc(F)c1-n1cc(CCl)nn1. The Labute approximate surface area is 99.8 Å². The zero-order valence-corrected chi connectivity index (χ0v) is 9.13. The molecule has 0 spiro atoms. The van der Waals surface area contributed by atoms with Gasteiger partial charge in [-0.15, -0.1) is 16.7 Å². The number of benzene rings is 1. The van der Waals surface area contributed by atoms with Crippen LogP contribution in [0.5, 0.6) is 0 Å². The number of aromatic nitrogens is 3. The molecule has 8 heteroatoms. The van der Waals surface area contributed by atoms with Crippen LogP contribution >= 0.6 is 11.6 Å². The number of halogens is 2. The molecule has 0 radical (unpaired) electrons. The average molecular weight is 257 g/mol. The molecule has 0 aliphatic carbocycles. The molecule has 0 unspecified atom stereocenters. The van der Waals surface area contributed by atoms with E-state index in [2.05, 4.69) is 10.3 Å². The summed E-state index contributed by atoms with van der Waals surface area (Å²) in [6, 6.07) is 3.57. The van der Waals surface area contributed by atoms with Gasteiger partial charge in [-0.05, 0) is 6.07 Å². The molecule has 0 N–H and O–H groups in total. The summed E-state index contributed by atoms with van der Waals surface area (Å²) in [6.45, 7) is 0. The summed E-state index contributed by atoms with van der Waals surface area (Å²) < 4.78 is 14.6. The molecule has 0 aliphatic heterocycles. The van der Waals surface area contributed by atoms with Gasteiger partial charge >= 0.3 is 0 Å². The van der Waals surface area contributed by atoms with Crippen LogP contribution in [0.3, 0.4) is 0 Å². The molecule has 17 heavy (non-hydrogen) atoms. The van der Waals surface area contributed by atoms with Crippen LogP contribution in [0.1, 0.15) is 5.69 Å². The molecule has 1 aromatic carbocycles. The van der Waals surface area contributed by atoms with Crippen LogP contribution in [0, 0.1) is 15.9 Å². The van der Waals surface area contributed by atoms with Crippen LogP contribution in [-0.2, 0) is 5.88 Å². The Morgan fingerprint density at radius 3 is 2.88 bits per heavy atom. The van der Waals surface area contributed by atoms with Crippen molar-refractivity contribution in [3.05, 3.63) is 46.0 Å². The predicted molar refractivity (Wildman–Crippen MR) is 57.5 cm³/mol. The van der Waals surface area contributed by atoms with Crippen LogP contribution < -0.4 is 0 Å². The lowest BCUT2D eigenvalue weighted by molar-refractivity contribution is -0.384. The van der Waals surface area contributed by atoms with E-state index in [1.165, 1.54) is 18.3 Å². The van der Waals surface area contributed by atoms with Crippen LogP contribution in [0.15, 0.2) is 24.4 Å². The standard InChI is InChI=1S/C9H6ClFN4O2/c10-4-6-5-14(13-12-6)9-7(11)2-1-3-8(9)15(16)17/h1-3,5H,4H2. The first-order valence-corrected chi connectivity index (χ1v) is 5.07. The van der Waals surface area contributed by atoms with Gasteiger partial charge in [-0.1, -0.05) is 11.3 Å². The van der Waals surface area contributed by atoms with Gasteiger partial charge in [-0.25, -0.2) is 9.07 Å². The lowest BCUT2D eigenvalue weighted by Gasteiger charge is -2.02. The molecule has 0 amide bonds. The minimum Gasteiger partial charge on any atom is -0.258 e. The molecule has 0 fully saturated rings. The third-order valence-electron chi connectivity index (χ3n) is 2.07. The number of alkyl halides is 1. The summed E-state index contributed by atoms with van der Waals surface area (Å²) in [7, 11) is 0. The first-order valence-electron chi connectivity index (χ1n) is 4.54. The van der Waals surface area contributed by atoms with E-state index >= 15 is 0 Å². The van der Waals surface area contributed by atoms with Gasteiger partial charge in [0.1, 0.15) is 0 Å². The minimum atomic E-state index is -0.745. The quantitative estimate of drug-likeness (QED) is 0.479. The van der Waals surface area contributed by atoms with Gasteiger partial charge in [0.05, 0.1) is 22.7 Å². The zero-order valence-electron chi connectivity index (χ0n) is 8.38. The number of nitro groups is 1. The van der Waals surface area contributed by atoms with Crippen LogP contribution in [0.4, 0.5) is 10.1 Å². The molecule has 1 heterocycles. The smallest absolute Gasteiger partial charge is 0.258 e. The molecule has 0 bridgehead atoms. The highest BCUT2D eigenvalue weighted by Crippen LogP contribution is 2.24. The Morgan fingerprint density at radius 1 is 1.53 bits per heavy atom. The van der Waals surface area contributed by atoms with E-state index in [4.69, 9.17) is 11.6 Å². The Bertz CT molecular complexity index is 572. The highest BCUT2D eigenvalue weighted by atomic mass is 35.5. The van der Waals surface area contributed by atoms with E-state index in [9.17, 15) is 14.5 Å². The highest BCUT2D eigenvalue weighted by molar-refractivity contribution is 6.16. The number of nitrogens with zero attached hydrogens (tertiary/aromatic N) is 4. The molecule has 6 nitrogen and oxygen atoms in total. The van der Waals surface area contributed by atoms with Crippen molar-refractivity contribution in [1.29, 1.82) is 0 Å². The first-order chi connectivity index (χ1) is 8.13. The van der Waals surface area contributed by atoms with E-state index in [1.807, 2.05) is 0 Å². The molecular formula is C9H6ClFN4O2. The lowest BCUT2D eigenvalue weighted by Crippen LogP contribution is -2.03. The molecule has 0 aliphatic rings. The van der Waals surface area contributed by atoms with Gasteiger partial charge in [0.15, 0.2) is 11.5 Å². The molecule has 1 aromatic heterocycles. The van der Waals surface area contributed by atoms with Crippen molar-refractivity contribution in [2.24, 2.45) is 0 Å². The van der Waals surface area contributed by atoms with Crippen LogP contribution in [0.2, 0.25) is 0 Å². The zero-order chi connectivity index (χ0) is 12.4. The fraction of sp³-hybridized carbons (Fsp3) is 0.111. The minimum absolute atomic E-state index is 0.0995. The summed E-state index contributed by atoms with van der Waals surface area (Å²) in [6.07, 6.45) is 1.35. The molecular weight excluding hydrogens is 251 g/mol. The van der Waals surface area contributed by atoms with Crippen molar-refractivity contribution in [3.8, 4) is 5.69 Å². The highest BCUT2D eigenvalue weighted by Gasteiger charge is 2.20. The molecule has 0 saturated carbocycles. The maximum Gasteiger partial charge on any atom is 0.297 e. The van der Waals surface area contributed by atoms with Gasteiger partial charge in [-0.3, -0.25) is 10.1 Å². The molecule has 0 atom stereocenters. The second-order valence-electron chi connectivity index (χ2n) is 3.15. The van der Waals surface area contributed by atoms with Crippen molar-refractivity contribution in [2.45, 2.75) is 5.88 Å². The molecule has 88 valence electrons. The van der Waals surface area contributed by atoms with E-state index in [0.29, 0.717) is 5.69 Å². The van der Waals surface area contributed by atoms with E-state index in [1.54, 1.807) is 0 Å². The van der Waals surface area contributed by atoms with E-state index in [-0.39, 0.29) is 17.3 Å². The predicted octanol–water partition coefficient (Wildman–Crippen LogP) is 2.05. The van der Waals surface area contributed by atoms with Crippen molar-refractivity contribution < 1.29 is 9.31 Å². The van der Waals surface area contributed by atoms with E-state index in [0.717, 1.165) is 10.7 Å². The van der Waals surface area contributed by atoms with E-state index < -0.39 is 10.7 Å². The fourth-order valence-corrected chi connectivity index (χ4v) is 1.47. The van der Waals surface area contributed by atoms with Crippen LogP contribution in [0.25, 0.3) is 5.69 Å². The van der Waals surface area contributed by atoms with Crippen LogP contribution in [-0.4, -0.2) is 19.9 Å². The third kappa shape index (κ3) is 2.09. The summed E-state index contributed by atoms with van der Waals surface area (Å²) in [5.41, 5.74) is -0.221. The lowest BCUT2D eigenvalue weighted by atomic mass is 10.2. The fourth-order valence-electron chi connectivity index (χ4n) is 1.35. The summed E-state index contributed by atoms with van der Waals surface area (Å²) in [4.78, 5) is 10.1. The number of nitro benzene ring substituents is 1. The Balaban J connectivity index is 2.61. The maximum atomic E-state index is 13.6. The Morgan fingerprint density at radius 2 is 2.29 bits per heavy atom. The van der Waals surface area contributed by atoms with Crippen molar-refractivity contribution in [2.75, 3.05) is 0 Å². The van der Waals surface area contributed by atoms with Gasteiger partial charge in [0.2, 0.25) is 0 Å². The monoisotopic (exact) mass is 256 g/mol. The van der Waals surface area contributed by atoms with Crippen molar-refractivity contribution in [3.63, 3.8) is 0 Å². The topological polar surface area (TPSA) is 73.8 Å². The Kier molecular flexibility index (Phi) is 3.01. The normalized spacial score (nSPS) is 10.5. The second-order valence-corrected chi connectivity index (χ2v) is 3.42. The number of rotatable bonds is 3. The number of hydrogen-bond donors (Lipinski definition) is 0. The molecule has 0 saturated heterocycles. The summed E-state index contributed by atoms with van der Waals surface area (Å²) in [5, 5.41) is 18.0. The average Bonchev–Trinajstić information content (AvgIpc) is 2.76. The van der Waals surface area contributed by atoms with Gasteiger partial charge in [-0.2, -0.15) is 0 Å². The number of hydrogen-bond acceptors (Lipinski definition) is 4. The summed E-state index contributed by atoms with van der Waals surface area (Å²) >= 11 is 5.53. The second kappa shape index (κ2) is 4.46. The van der Waals surface area contributed by atoms with Gasteiger partial charge in [0, 0.05) is 6.07 Å². The number of para-hydroxylation sites is 1. The molecule has 2 aromatic rings. The third-order valence-corrected chi connectivity index (χ3v) is 2.34. The molecule has 2 rings (SSSR count). The first kappa shape index (κ1) is 11.5. The largest absolute Gasteiger partial charge is 0.297 e. The summed E-state index contributed by atoms with van der Waals surface area (Å²) in [5.74, 6) is -0.646. The van der Waals surface area contributed by atoms with Crippen molar-refractivity contribution >= 4 is 17.3 Å². The van der Waals surface area contributed by atoms with Gasteiger partial charge < -0.3 is 0 Å². The Hall–Kier alpha value is -2.02. The van der Waals surface area contributed by atoms with Crippen molar-refractivity contribution in [1.82, 2.24) is 15.0 Å².